The Balaban J connectivity index is 1.53. The first kappa shape index (κ1) is 28.5. The van der Waals surface area contributed by atoms with Crippen molar-refractivity contribution in [2.45, 2.75) is 105 Å². The molecule has 1 saturated carbocycles. The first-order valence-corrected chi connectivity index (χ1v) is 15.4. The molecule has 1 aliphatic rings. The molecule has 4 rings (SSSR count). The zero-order chi connectivity index (χ0) is 27.1. The maximum absolute atomic E-state index is 6.44. The second-order valence-corrected chi connectivity index (χ2v) is 11.8. The van der Waals surface area contributed by atoms with Crippen molar-refractivity contribution in [1.29, 1.82) is 0 Å². The zero-order valence-corrected chi connectivity index (χ0v) is 24.9. The van der Waals surface area contributed by atoms with E-state index in [1.54, 1.807) is 0 Å². The molecular weight excluding hydrogens is 460 g/mol. The van der Waals surface area contributed by atoms with E-state index in [0.717, 1.165) is 56.3 Å². The third-order valence-electron chi connectivity index (χ3n) is 9.75. The molecule has 3 aromatic carbocycles. The molecule has 1 nitrogen and oxygen atoms in total. The number of aryl methyl sites for hydroxylation is 2. The van der Waals surface area contributed by atoms with Crippen molar-refractivity contribution in [3.05, 3.63) is 77.4 Å². The lowest BCUT2D eigenvalue weighted by molar-refractivity contribution is 0.127. The largest absolute Gasteiger partial charge is 0.493 e. The summed E-state index contributed by atoms with van der Waals surface area (Å²) in [6.45, 7) is 14.6. The Bertz CT molecular complexity index is 1150. The van der Waals surface area contributed by atoms with E-state index in [-0.39, 0.29) is 5.41 Å². The van der Waals surface area contributed by atoms with Crippen LogP contribution in [0.25, 0.3) is 22.3 Å². The normalized spacial score (nSPS) is 17.9. The Morgan fingerprint density at radius 2 is 1.21 bits per heavy atom. The van der Waals surface area contributed by atoms with Crippen LogP contribution in [0.1, 0.15) is 109 Å². The highest BCUT2D eigenvalue weighted by Gasteiger charge is 2.25. The monoisotopic (exact) mass is 510 g/mol. The van der Waals surface area contributed by atoms with E-state index in [4.69, 9.17) is 4.74 Å². The summed E-state index contributed by atoms with van der Waals surface area (Å²) in [6, 6.07) is 23.3. The van der Waals surface area contributed by atoms with Crippen LogP contribution in [0.2, 0.25) is 0 Å². The van der Waals surface area contributed by atoms with Gasteiger partial charge in [-0.3, -0.25) is 0 Å². The van der Waals surface area contributed by atoms with Crippen LogP contribution in [0.4, 0.5) is 0 Å². The molecule has 1 aliphatic carbocycles. The quantitative estimate of drug-likeness (QED) is 0.249. The predicted molar refractivity (Wildman–Crippen MR) is 165 cm³/mol. The molecule has 1 heteroatoms. The van der Waals surface area contributed by atoms with Crippen molar-refractivity contribution in [1.82, 2.24) is 0 Å². The van der Waals surface area contributed by atoms with E-state index in [1.165, 1.54) is 64.6 Å². The van der Waals surface area contributed by atoms with Gasteiger partial charge in [0, 0.05) is 5.41 Å². The van der Waals surface area contributed by atoms with Gasteiger partial charge in [-0.1, -0.05) is 103 Å². The maximum Gasteiger partial charge on any atom is 0.122 e. The average molecular weight is 511 g/mol. The third kappa shape index (κ3) is 6.36. The Labute approximate surface area is 233 Å². The van der Waals surface area contributed by atoms with Gasteiger partial charge in [-0.05, 0) is 108 Å². The fourth-order valence-corrected chi connectivity index (χ4v) is 6.34. The zero-order valence-electron chi connectivity index (χ0n) is 24.9. The van der Waals surface area contributed by atoms with Crippen molar-refractivity contribution in [2.24, 2.45) is 11.3 Å². The third-order valence-corrected chi connectivity index (χ3v) is 9.75. The van der Waals surface area contributed by atoms with Gasteiger partial charge in [0.15, 0.2) is 0 Å². The highest BCUT2D eigenvalue weighted by molar-refractivity contribution is 5.74. The summed E-state index contributed by atoms with van der Waals surface area (Å²) in [7, 11) is 0. The van der Waals surface area contributed by atoms with Gasteiger partial charge in [-0.15, -0.1) is 0 Å². The SMILES string of the molecule is CCc1cc(-c2ccc(-c3ccc(C4CCC(C)CC4)cc3)c(CC)c2)ccc1OCC(CC)(CC)CC. The van der Waals surface area contributed by atoms with E-state index in [0.29, 0.717) is 0 Å². The molecule has 0 aromatic heterocycles. The van der Waals surface area contributed by atoms with E-state index in [1.807, 2.05) is 0 Å². The van der Waals surface area contributed by atoms with E-state index in [2.05, 4.69) is 102 Å². The fraction of sp³-hybridized carbons (Fsp3) is 0.514. The van der Waals surface area contributed by atoms with Crippen molar-refractivity contribution >= 4 is 0 Å². The van der Waals surface area contributed by atoms with Crippen LogP contribution < -0.4 is 4.74 Å². The topological polar surface area (TPSA) is 9.23 Å². The van der Waals surface area contributed by atoms with Crippen molar-refractivity contribution < 1.29 is 4.74 Å². The number of ether oxygens (including phenoxy) is 1. The van der Waals surface area contributed by atoms with Gasteiger partial charge in [-0.25, -0.2) is 0 Å². The van der Waals surface area contributed by atoms with Gasteiger partial charge in [-0.2, -0.15) is 0 Å². The fourth-order valence-electron chi connectivity index (χ4n) is 6.34. The lowest BCUT2D eigenvalue weighted by Crippen LogP contribution is -2.26. The summed E-state index contributed by atoms with van der Waals surface area (Å²) in [4.78, 5) is 0. The van der Waals surface area contributed by atoms with E-state index in [9.17, 15) is 0 Å². The van der Waals surface area contributed by atoms with E-state index < -0.39 is 0 Å². The predicted octanol–water partition coefficient (Wildman–Crippen LogP) is 11.0. The van der Waals surface area contributed by atoms with Gasteiger partial charge in [0.25, 0.3) is 0 Å². The molecule has 0 spiro atoms. The maximum atomic E-state index is 6.44. The molecule has 0 radical (unpaired) electrons. The summed E-state index contributed by atoms with van der Waals surface area (Å²) in [6.07, 6.45) is 10.9. The van der Waals surface area contributed by atoms with Crippen molar-refractivity contribution in [3.63, 3.8) is 0 Å². The molecule has 0 N–H and O–H groups in total. The molecule has 0 atom stereocenters. The lowest BCUT2D eigenvalue weighted by atomic mass is 9.79. The molecule has 38 heavy (non-hydrogen) atoms. The summed E-state index contributed by atoms with van der Waals surface area (Å²) < 4.78 is 6.44. The van der Waals surface area contributed by atoms with Gasteiger partial charge in [0.1, 0.15) is 5.75 Å². The molecule has 3 aromatic rings. The molecular formula is C37H50O. The van der Waals surface area contributed by atoms with Crippen molar-refractivity contribution in [2.75, 3.05) is 6.61 Å². The van der Waals surface area contributed by atoms with Gasteiger partial charge < -0.3 is 4.74 Å². The molecule has 0 amide bonds. The smallest absolute Gasteiger partial charge is 0.122 e. The standard InChI is InChI=1S/C37H50O/c1-7-28-24-33(34-21-23-36(29(8-2)25-34)38-26-37(9-3,10-4)11-5)20-22-35(28)32-18-16-31(17-19-32)30-14-12-27(6)13-15-30/h16-25,27,30H,7-15,26H2,1-6H3. The summed E-state index contributed by atoms with van der Waals surface area (Å²) in [5.41, 5.74) is 9.81. The highest BCUT2D eigenvalue weighted by atomic mass is 16.5. The number of benzene rings is 3. The minimum atomic E-state index is 0.280. The van der Waals surface area contributed by atoms with Crippen LogP contribution in [-0.4, -0.2) is 6.61 Å². The van der Waals surface area contributed by atoms with Crippen LogP contribution in [0.5, 0.6) is 5.75 Å². The molecule has 0 bridgehead atoms. The summed E-state index contributed by atoms with van der Waals surface area (Å²) in [5, 5.41) is 0. The first-order valence-electron chi connectivity index (χ1n) is 15.4. The molecule has 0 aliphatic heterocycles. The average Bonchev–Trinajstić information content (AvgIpc) is 2.98. The summed E-state index contributed by atoms with van der Waals surface area (Å²) >= 11 is 0. The molecule has 204 valence electrons. The molecule has 0 saturated heterocycles. The van der Waals surface area contributed by atoms with Crippen LogP contribution in [0, 0.1) is 11.3 Å². The number of hydrogen-bond acceptors (Lipinski definition) is 1. The molecule has 0 heterocycles. The Morgan fingerprint density at radius 3 is 1.79 bits per heavy atom. The summed E-state index contributed by atoms with van der Waals surface area (Å²) in [5.74, 6) is 2.70. The van der Waals surface area contributed by atoms with Gasteiger partial charge in [0.05, 0.1) is 6.61 Å². The van der Waals surface area contributed by atoms with Crippen LogP contribution in [0.15, 0.2) is 60.7 Å². The second-order valence-electron chi connectivity index (χ2n) is 11.8. The Hall–Kier alpha value is -2.54. The second kappa shape index (κ2) is 13.0. The van der Waals surface area contributed by atoms with Gasteiger partial charge >= 0.3 is 0 Å². The number of hydrogen-bond donors (Lipinski definition) is 0. The minimum absolute atomic E-state index is 0.280. The Morgan fingerprint density at radius 1 is 0.658 bits per heavy atom. The number of rotatable bonds is 11. The van der Waals surface area contributed by atoms with Crippen LogP contribution in [0.3, 0.4) is 0 Å². The lowest BCUT2D eigenvalue weighted by Gasteiger charge is -2.30. The van der Waals surface area contributed by atoms with E-state index >= 15 is 0 Å². The minimum Gasteiger partial charge on any atom is -0.493 e. The molecule has 0 unspecified atom stereocenters. The van der Waals surface area contributed by atoms with Gasteiger partial charge in [0.2, 0.25) is 0 Å². The Kier molecular flexibility index (Phi) is 9.74. The molecule has 1 fully saturated rings. The first-order chi connectivity index (χ1) is 18.5. The van der Waals surface area contributed by atoms with Crippen LogP contribution in [-0.2, 0) is 12.8 Å². The highest BCUT2D eigenvalue weighted by Crippen LogP contribution is 2.38. The van der Waals surface area contributed by atoms with Crippen molar-refractivity contribution in [3.8, 4) is 28.0 Å². The van der Waals surface area contributed by atoms with Crippen LogP contribution >= 0.6 is 0 Å².